The van der Waals surface area contributed by atoms with Gasteiger partial charge in [-0.1, -0.05) is 0 Å². The van der Waals surface area contributed by atoms with Gasteiger partial charge >= 0.3 is 6.18 Å². The number of nitrogens with zero attached hydrogens (tertiary/aromatic N) is 4. The molecule has 0 aliphatic heterocycles. The number of amides is 1. The lowest BCUT2D eigenvalue weighted by Gasteiger charge is -2.44. The van der Waals surface area contributed by atoms with Gasteiger partial charge in [-0.3, -0.25) is 4.79 Å². The van der Waals surface area contributed by atoms with Crippen molar-refractivity contribution >= 4 is 11.7 Å². The van der Waals surface area contributed by atoms with Gasteiger partial charge < -0.3 is 10.4 Å². The molecule has 3 rings (SSSR count). The summed E-state index contributed by atoms with van der Waals surface area (Å²) in [6.45, 7) is 1.79. The van der Waals surface area contributed by atoms with E-state index in [4.69, 9.17) is 0 Å². The Kier molecular flexibility index (Phi) is 3.09. The van der Waals surface area contributed by atoms with Gasteiger partial charge in [-0.05, 0) is 12.5 Å². The number of aliphatic hydroxyl groups is 1. The molecule has 1 aliphatic carbocycles. The Balaban J connectivity index is 1.68. The molecule has 2 aromatic heterocycles. The van der Waals surface area contributed by atoms with Gasteiger partial charge in [0.05, 0.1) is 0 Å². The summed E-state index contributed by atoms with van der Waals surface area (Å²) >= 11 is 0. The second-order valence-electron chi connectivity index (χ2n) is 5.42. The number of aryl methyl sites for hydroxylation is 1. The van der Waals surface area contributed by atoms with Gasteiger partial charge in [-0.25, -0.2) is 9.50 Å². The normalized spacial score (nSPS) is 25.0. The molecule has 0 unspecified atom stereocenters. The molecule has 0 aromatic carbocycles. The topological polar surface area (TPSA) is 92.4 Å². The van der Waals surface area contributed by atoms with E-state index < -0.39 is 36.6 Å². The van der Waals surface area contributed by atoms with Crippen LogP contribution in [0, 0.1) is 6.92 Å². The molecule has 2 heterocycles. The van der Waals surface area contributed by atoms with Crippen LogP contribution in [0.25, 0.3) is 5.78 Å². The average Bonchev–Trinajstić information content (AvgIpc) is 2.78. The van der Waals surface area contributed by atoms with Crippen LogP contribution in [0.2, 0.25) is 0 Å². The van der Waals surface area contributed by atoms with Crippen LogP contribution in [0.1, 0.15) is 29.0 Å². The third kappa shape index (κ3) is 2.39. The maximum atomic E-state index is 12.5. The van der Waals surface area contributed by atoms with E-state index in [1.165, 1.54) is 4.52 Å². The number of aromatic nitrogens is 4. The number of fused-ring (bicyclic) bond motifs is 1. The molecule has 118 valence electrons. The van der Waals surface area contributed by atoms with Gasteiger partial charge in [0.2, 0.25) is 5.82 Å². The average molecular weight is 315 g/mol. The van der Waals surface area contributed by atoms with Crippen molar-refractivity contribution in [2.45, 2.75) is 37.6 Å². The quantitative estimate of drug-likeness (QED) is 0.847. The summed E-state index contributed by atoms with van der Waals surface area (Å²) in [5, 5.41) is 15.6. The first-order valence-electron chi connectivity index (χ1n) is 6.47. The molecule has 2 aromatic rings. The lowest BCUT2D eigenvalue weighted by molar-refractivity contribution is -0.291. The zero-order valence-electron chi connectivity index (χ0n) is 11.4. The molecule has 0 spiro atoms. The highest BCUT2D eigenvalue weighted by Gasteiger charge is 2.61. The van der Waals surface area contributed by atoms with Crippen LogP contribution in [0.5, 0.6) is 0 Å². The van der Waals surface area contributed by atoms with E-state index in [-0.39, 0.29) is 11.6 Å². The maximum absolute atomic E-state index is 12.5. The zero-order chi connectivity index (χ0) is 16.1. The first-order chi connectivity index (χ1) is 10.2. The van der Waals surface area contributed by atoms with Crippen molar-refractivity contribution in [2.75, 3.05) is 0 Å². The molecule has 7 nitrogen and oxygen atoms in total. The number of hydrogen-bond donors (Lipinski definition) is 2. The van der Waals surface area contributed by atoms with Gasteiger partial charge in [0.25, 0.3) is 11.7 Å². The van der Waals surface area contributed by atoms with E-state index in [0.29, 0.717) is 0 Å². The number of alkyl halides is 3. The van der Waals surface area contributed by atoms with Gasteiger partial charge in [0, 0.05) is 31.3 Å². The Morgan fingerprint density at radius 2 is 2.18 bits per heavy atom. The minimum absolute atomic E-state index is 0.180. The van der Waals surface area contributed by atoms with Crippen LogP contribution >= 0.6 is 0 Å². The van der Waals surface area contributed by atoms with Crippen LogP contribution in [-0.4, -0.2) is 48.4 Å². The second kappa shape index (κ2) is 4.63. The molecule has 22 heavy (non-hydrogen) atoms. The number of halogens is 3. The van der Waals surface area contributed by atoms with E-state index in [0.717, 1.165) is 5.56 Å². The molecule has 2 N–H and O–H groups in total. The van der Waals surface area contributed by atoms with Gasteiger partial charge in [0.15, 0.2) is 5.60 Å². The summed E-state index contributed by atoms with van der Waals surface area (Å²) in [7, 11) is 0. The van der Waals surface area contributed by atoms with Crippen molar-refractivity contribution in [3.63, 3.8) is 0 Å². The summed E-state index contributed by atoms with van der Waals surface area (Å²) < 4.78 is 38.8. The Bertz CT molecular complexity index is 736. The Morgan fingerprint density at radius 3 is 2.82 bits per heavy atom. The number of carbonyl (C=O) groups is 1. The van der Waals surface area contributed by atoms with Crippen LogP contribution in [0.3, 0.4) is 0 Å². The van der Waals surface area contributed by atoms with E-state index >= 15 is 0 Å². The molecule has 1 saturated carbocycles. The maximum Gasteiger partial charge on any atom is 0.417 e. The fourth-order valence-corrected chi connectivity index (χ4v) is 2.31. The largest absolute Gasteiger partial charge is 0.417 e. The molecular weight excluding hydrogens is 303 g/mol. The SMILES string of the molecule is Cc1cnc2nc(C(=O)NC3CC(O)(C(F)(F)F)C3)nn2c1. The minimum atomic E-state index is -4.70. The lowest BCUT2D eigenvalue weighted by atomic mass is 9.75. The van der Waals surface area contributed by atoms with Crippen molar-refractivity contribution < 1.29 is 23.1 Å². The molecule has 0 radical (unpaired) electrons. The van der Waals surface area contributed by atoms with Crippen LogP contribution in [-0.2, 0) is 0 Å². The highest BCUT2D eigenvalue weighted by Crippen LogP contribution is 2.45. The third-order valence-electron chi connectivity index (χ3n) is 3.56. The Hall–Kier alpha value is -2.23. The summed E-state index contributed by atoms with van der Waals surface area (Å²) in [5.74, 6) is -0.658. The summed E-state index contributed by atoms with van der Waals surface area (Å²) in [5.41, 5.74) is -1.91. The number of carbonyl (C=O) groups excluding carboxylic acids is 1. The Labute approximate surface area is 122 Å². The van der Waals surface area contributed by atoms with Crippen molar-refractivity contribution in [1.29, 1.82) is 0 Å². The molecular formula is C12H12F3N5O2. The monoisotopic (exact) mass is 315 g/mol. The third-order valence-corrected chi connectivity index (χ3v) is 3.56. The molecule has 0 bridgehead atoms. The molecule has 0 atom stereocenters. The number of nitrogens with one attached hydrogen (secondary N) is 1. The number of hydrogen-bond acceptors (Lipinski definition) is 5. The first-order valence-corrected chi connectivity index (χ1v) is 6.47. The van der Waals surface area contributed by atoms with E-state index in [2.05, 4.69) is 20.4 Å². The predicted octanol–water partition coefficient (Wildman–Crippen LogP) is 0.618. The molecule has 10 heteroatoms. The molecule has 1 fully saturated rings. The van der Waals surface area contributed by atoms with E-state index in [1.807, 2.05) is 0 Å². The van der Waals surface area contributed by atoms with Crippen molar-refractivity contribution in [3.05, 3.63) is 23.8 Å². The van der Waals surface area contributed by atoms with E-state index in [9.17, 15) is 23.1 Å². The zero-order valence-corrected chi connectivity index (χ0v) is 11.4. The second-order valence-corrected chi connectivity index (χ2v) is 5.42. The highest BCUT2D eigenvalue weighted by molar-refractivity contribution is 5.91. The highest BCUT2D eigenvalue weighted by atomic mass is 19.4. The standard InChI is InChI=1S/C12H12F3N5O2/c1-6-4-16-10-18-8(19-20(10)5-6)9(21)17-7-2-11(22,3-7)12(13,14)15/h4-5,7,22H,2-3H2,1H3,(H,17,21). The Morgan fingerprint density at radius 1 is 1.50 bits per heavy atom. The lowest BCUT2D eigenvalue weighted by Crippen LogP contribution is -2.62. The van der Waals surface area contributed by atoms with Crippen LogP contribution in [0.4, 0.5) is 13.2 Å². The molecule has 1 amide bonds. The van der Waals surface area contributed by atoms with Crippen LogP contribution < -0.4 is 5.32 Å². The van der Waals surface area contributed by atoms with Crippen molar-refractivity contribution in [3.8, 4) is 0 Å². The van der Waals surface area contributed by atoms with E-state index in [1.54, 1.807) is 19.3 Å². The molecule has 0 saturated heterocycles. The first kappa shape index (κ1) is 14.7. The van der Waals surface area contributed by atoms with Gasteiger partial charge in [0.1, 0.15) is 0 Å². The fraction of sp³-hybridized carbons (Fsp3) is 0.500. The number of rotatable bonds is 2. The summed E-state index contributed by atoms with van der Waals surface area (Å²) in [6.07, 6.45) is -2.67. The predicted molar refractivity (Wildman–Crippen MR) is 67.0 cm³/mol. The molecule has 1 aliphatic rings. The smallest absolute Gasteiger partial charge is 0.380 e. The van der Waals surface area contributed by atoms with Gasteiger partial charge in [-0.2, -0.15) is 18.2 Å². The summed E-state index contributed by atoms with van der Waals surface area (Å²) in [4.78, 5) is 19.8. The van der Waals surface area contributed by atoms with Gasteiger partial charge in [-0.15, -0.1) is 5.10 Å². The van der Waals surface area contributed by atoms with Crippen molar-refractivity contribution in [2.24, 2.45) is 0 Å². The minimum Gasteiger partial charge on any atom is -0.380 e. The summed E-state index contributed by atoms with van der Waals surface area (Å²) in [6, 6.07) is -0.763. The van der Waals surface area contributed by atoms with Crippen molar-refractivity contribution in [1.82, 2.24) is 24.9 Å². The van der Waals surface area contributed by atoms with Crippen LogP contribution in [0.15, 0.2) is 12.4 Å². The fourth-order valence-electron chi connectivity index (χ4n) is 2.31.